The van der Waals surface area contributed by atoms with Crippen molar-refractivity contribution >= 4 is 17.2 Å². The predicted octanol–water partition coefficient (Wildman–Crippen LogP) is 2.96. The number of fused-ring (bicyclic) bond motifs is 2. The first-order chi connectivity index (χ1) is 12.7. The van der Waals surface area contributed by atoms with Gasteiger partial charge in [-0.2, -0.15) is 0 Å². The molecule has 6 nitrogen and oxygen atoms in total. The van der Waals surface area contributed by atoms with Crippen LogP contribution in [0.15, 0.2) is 30.7 Å². The van der Waals surface area contributed by atoms with Crippen molar-refractivity contribution in [3.63, 3.8) is 0 Å². The number of anilines is 1. The minimum Gasteiger partial charge on any atom is -0.390 e. The van der Waals surface area contributed by atoms with Crippen LogP contribution in [0, 0.1) is 5.82 Å². The normalized spacial score (nSPS) is 14.0. The van der Waals surface area contributed by atoms with Gasteiger partial charge in [0.15, 0.2) is 11.5 Å². The number of aryl methyl sites for hydroxylation is 1. The Kier molecular flexibility index (Phi) is 4.38. The second-order valence-corrected chi connectivity index (χ2v) is 6.27. The number of halogens is 1. The summed E-state index contributed by atoms with van der Waals surface area (Å²) in [6.07, 6.45) is 9.95. The molecule has 3 heterocycles. The number of nitrogens with one attached hydrogen (secondary N) is 1. The predicted molar refractivity (Wildman–Crippen MR) is 97.3 cm³/mol. The van der Waals surface area contributed by atoms with Gasteiger partial charge in [0, 0.05) is 30.1 Å². The molecule has 3 aromatic heterocycles. The molecule has 0 aliphatic heterocycles. The van der Waals surface area contributed by atoms with Crippen LogP contribution in [0.25, 0.3) is 11.2 Å². The Balaban J connectivity index is 1.85. The Bertz CT molecular complexity index is 995. The quantitative estimate of drug-likeness (QED) is 0.754. The van der Waals surface area contributed by atoms with Gasteiger partial charge in [-0.15, -0.1) is 0 Å². The lowest BCUT2D eigenvalue weighted by Crippen LogP contribution is -2.07. The van der Waals surface area contributed by atoms with Gasteiger partial charge in [0.25, 0.3) is 0 Å². The summed E-state index contributed by atoms with van der Waals surface area (Å²) in [5.74, 6) is 0.199. The maximum absolute atomic E-state index is 14.6. The molecule has 134 valence electrons. The Labute approximate surface area is 150 Å². The van der Waals surface area contributed by atoms with E-state index in [9.17, 15) is 9.50 Å². The van der Waals surface area contributed by atoms with Crippen LogP contribution in [0.5, 0.6) is 0 Å². The molecule has 3 aromatic rings. The maximum atomic E-state index is 14.6. The summed E-state index contributed by atoms with van der Waals surface area (Å²) in [5, 5.41) is 12.6. The molecule has 1 aliphatic carbocycles. The minimum absolute atomic E-state index is 0.200. The first kappa shape index (κ1) is 16.7. The number of aromatic nitrogens is 4. The van der Waals surface area contributed by atoms with Crippen molar-refractivity contribution < 1.29 is 9.50 Å². The van der Waals surface area contributed by atoms with Crippen molar-refractivity contribution in [2.45, 2.75) is 32.8 Å². The zero-order chi connectivity index (χ0) is 18.1. The summed E-state index contributed by atoms with van der Waals surface area (Å²) < 4.78 is 16.2. The second-order valence-electron chi connectivity index (χ2n) is 6.27. The molecule has 1 aliphatic rings. The van der Waals surface area contributed by atoms with Gasteiger partial charge in [-0.05, 0) is 37.8 Å². The highest BCUT2D eigenvalue weighted by molar-refractivity contribution is 5.81. The SMILES string of the molecule is CCNc1ncc2c(n1)CCCC=C2c1cc(F)c2ncc(CO)n2c1. The van der Waals surface area contributed by atoms with Crippen molar-refractivity contribution in [1.82, 2.24) is 19.4 Å². The molecule has 4 rings (SSSR count). The molecular formula is C19H20FN5O. The van der Waals surface area contributed by atoms with Gasteiger partial charge < -0.3 is 10.4 Å². The number of nitrogens with zero attached hydrogens (tertiary/aromatic N) is 4. The number of imidazole rings is 1. The molecule has 0 atom stereocenters. The number of hydrogen-bond donors (Lipinski definition) is 2. The summed E-state index contributed by atoms with van der Waals surface area (Å²) >= 11 is 0. The molecule has 0 spiro atoms. The summed E-state index contributed by atoms with van der Waals surface area (Å²) in [5.41, 5.74) is 4.30. The van der Waals surface area contributed by atoms with Crippen molar-refractivity contribution in [3.05, 3.63) is 59.1 Å². The molecule has 0 radical (unpaired) electrons. The summed E-state index contributed by atoms with van der Waals surface area (Å²) in [6, 6.07) is 1.49. The van der Waals surface area contributed by atoms with E-state index in [0.717, 1.165) is 48.2 Å². The molecule has 0 amide bonds. The second kappa shape index (κ2) is 6.84. The van der Waals surface area contributed by atoms with Crippen LogP contribution in [0.1, 0.15) is 42.3 Å². The topological polar surface area (TPSA) is 75.3 Å². The lowest BCUT2D eigenvalue weighted by atomic mass is 9.99. The standard InChI is InChI=1S/C19H20FN5O/c1-2-21-19-23-9-15-14(5-3-4-6-17(15)24-19)12-7-16(20)18-22-8-13(11-26)25(18)10-12/h5,7-10,26H,2-4,6,11H2,1H3,(H,21,23,24). The Morgan fingerprint density at radius 2 is 2.19 bits per heavy atom. The third-order valence-electron chi connectivity index (χ3n) is 4.57. The Hall–Kier alpha value is -2.80. The van der Waals surface area contributed by atoms with E-state index in [4.69, 9.17) is 0 Å². The fourth-order valence-corrected chi connectivity index (χ4v) is 3.33. The van der Waals surface area contributed by atoms with Gasteiger partial charge in [-0.1, -0.05) is 6.08 Å². The van der Waals surface area contributed by atoms with Crippen molar-refractivity contribution in [2.24, 2.45) is 0 Å². The minimum atomic E-state index is -0.418. The summed E-state index contributed by atoms with van der Waals surface area (Å²) in [7, 11) is 0. The van der Waals surface area contributed by atoms with Gasteiger partial charge in [0.2, 0.25) is 5.95 Å². The highest BCUT2D eigenvalue weighted by atomic mass is 19.1. The zero-order valence-electron chi connectivity index (χ0n) is 14.5. The van der Waals surface area contributed by atoms with E-state index in [1.54, 1.807) is 10.6 Å². The van der Waals surface area contributed by atoms with E-state index in [1.165, 1.54) is 12.3 Å². The number of aliphatic hydroxyl groups excluding tert-OH is 1. The smallest absolute Gasteiger partial charge is 0.222 e. The molecule has 0 aromatic carbocycles. The van der Waals surface area contributed by atoms with E-state index in [1.807, 2.05) is 13.1 Å². The van der Waals surface area contributed by atoms with Crippen LogP contribution < -0.4 is 5.32 Å². The fourth-order valence-electron chi connectivity index (χ4n) is 3.33. The molecular weight excluding hydrogens is 333 g/mol. The average Bonchev–Trinajstić information content (AvgIpc) is 2.95. The molecule has 0 fully saturated rings. The van der Waals surface area contributed by atoms with Crippen LogP contribution in [0.4, 0.5) is 10.3 Å². The lowest BCUT2D eigenvalue weighted by Gasteiger charge is -2.13. The lowest BCUT2D eigenvalue weighted by molar-refractivity contribution is 0.275. The van der Waals surface area contributed by atoms with Gasteiger partial charge in [0.05, 0.1) is 24.2 Å². The van der Waals surface area contributed by atoms with Crippen LogP contribution in [-0.4, -0.2) is 31.0 Å². The van der Waals surface area contributed by atoms with Gasteiger partial charge in [0.1, 0.15) is 0 Å². The summed E-state index contributed by atoms with van der Waals surface area (Å²) in [6.45, 7) is 2.56. The van der Waals surface area contributed by atoms with Crippen LogP contribution in [0.2, 0.25) is 0 Å². The molecule has 0 saturated carbocycles. The van der Waals surface area contributed by atoms with Gasteiger partial charge >= 0.3 is 0 Å². The Morgan fingerprint density at radius 1 is 1.31 bits per heavy atom. The average molecular weight is 353 g/mol. The van der Waals surface area contributed by atoms with Crippen LogP contribution >= 0.6 is 0 Å². The third kappa shape index (κ3) is 2.84. The monoisotopic (exact) mass is 353 g/mol. The van der Waals surface area contributed by atoms with Crippen LogP contribution in [0.3, 0.4) is 0 Å². The highest BCUT2D eigenvalue weighted by Gasteiger charge is 2.18. The zero-order valence-corrected chi connectivity index (χ0v) is 14.5. The number of hydrogen-bond acceptors (Lipinski definition) is 5. The largest absolute Gasteiger partial charge is 0.390 e. The first-order valence-electron chi connectivity index (χ1n) is 8.78. The van der Waals surface area contributed by atoms with Crippen LogP contribution in [-0.2, 0) is 13.0 Å². The number of rotatable bonds is 4. The van der Waals surface area contributed by atoms with Gasteiger partial charge in [-0.25, -0.2) is 19.3 Å². The molecule has 7 heteroatoms. The van der Waals surface area contributed by atoms with E-state index < -0.39 is 5.82 Å². The first-order valence-corrected chi connectivity index (χ1v) is 8.78. The molecule has 26 heavy (non-hydrogen) atoms. The van der Waals surface area contributed by atoms with E-state index in [0.29, 0.717) is 11.6 Å². The van der Waals surface area contributed by atoms with Crippen molar-refractivity contribution in [2.75, 3.05) is 11.9 Å². The molecule has 0 saturated heterocycles. The number of aliphatic hydroxyl groups is 1. The van der Waals surface area contributed by atoms with Crippen molar-refractivity contribution in [1.29, 1.82) is 0 Å². The molecule has 0 unspecified atom stereocenters. The molecule has 0 bridgehead atoms. The molecule has 2 N–H and O–H groups in total. The number of allylic oxidation sites excluding steroid dienone is 1. The Morgan fingerprint density at radius 3 is 3.00 bits per heavy atom. The summed E-state index contributed by atoms with van der Waals surface area (Å²) in [4.78, 5) is 13.1. The van der Waals surface area contributed by atoms with E-state index in [2.05, 4.69) is 26.3 Å². The van der Waals surface area contributed by atoms with Gasteiger partial charge in [-0.3, -0.25) is 4.40 Å². The van der Waals surface area contributed by atoms with E-state index in [-0.39, 0.29) is 12.3 Å². The maximum Gasteiger partial charge on any atom is 0.222 e. The fraction of sp³-hybridized carbons (Fsp3) is 0.316. The van der Waals surface area contributed by atoms with E-state index >= 15 is 0 Å². The van der Waals surface area contributed by atoms with Crippen molar-refractivity contribution in [3.8, 4) is 0 Å². The highest BCUT2D eigenvalue weighted by Crippen LogP contribution is 2.31. The third-order valence-corrected chi connectivity index (χ3v) is 4.57. The number of pyridine rings is 1.